The monoisotopic (exact) mass is 300 g/mol. The maximum absolute atomic E-state index is 12.4. The van der Waals surface area contributed by atoms with Gasteiger partial charge in [0.2, 0.25) is 0 Å². The zero-order valence-electron chi connectivity index (χ0n) is 11.9. The largest absolute Gasteiger partial charge is 0.495 e. The van der Waals surface area contributed by atoms with Crippen LogP contribution in [-0.2, 0) is 9.84 Å². The summed E-state index contributed by atoms with van der Waals surface area (Å²) in [4.78, 5) is 10.9. The number of hydrogen-bond donors (Lipinski definition) is 1. The molecule has 0 aromatic heterocycles. The molecule has 0 aliphatic carbocycles. The molecule has 0 heterocycles. The Balaban J connectivity index is 3.21. The summed E-state index contributed by atoms with van der Waals surface area (Å²) in [6, 6.07) is 3.87. The van der Waals surface area contributed by atoms with Crippen molar-refractivity contribution in [1.82, 2.24) is 0 Å². The molecule has 0 aliphatic heterocycles. The van der Waals surface area contributed by atoms with Gasteiger partial charge in [-0.25, -0.2) is 13.2 Å². The van der Waals surface area contributed by atoms with Crippen LogP contribution in [0.1, 0.15) is 37.0 Å². The number of hydrogen-bond acceptors (Lipinski definition) is 4. The first kappa shape index (κ1) is 16.5. The molecule has 0 bridgehead atoms. The first-order chi connectivity index (χ1) is 9.31. The van der Waals surface area contributed by atoms with Gasteiger partial charge in [0, 0.05) is 0 Å². The minimum Gasteiger partial charge on any atom is -0.495 e. The van der Waals surface area contributed by atoms with Crippen LogP contribution in [0, 0.1) is 5.92 Å². The SMILES string of the molecule is CCCC(C)CS(=O)(=O)c1cc(C(=O)O)ccc1OC. The smallest absolute Gasteiger partial charge is 0.335 e. The molecule has 1 atom stereocenters. The number of rotatable bonds is 7. The molecule has 5 nitrogen and oxygen atoms in total. The highest BCUT2D eigenvalue weighted by Crippen LogP contribution is 2.27. The molecule has 0 aliphatic rings. The number of aromatic carboxylic acids is 1. The zero-order valence-corrected chi connectivity index (χ0v) is 12.7. The fraction of sp³-hybridized carbons (Fsp3) is 0.500. The first-order valence-electron chi connectivity index (χ1n) is 6.46. The van der Waals surface area contributed by atoms with Crippen LogP contribution in [0.3, 0.4) is 0 Å². The molecule has 1 aromatic rings. The van der Waals surface area contributed by atoms with Crippen LogP contribution in [-0.4, -0.2) is 32.4 Å². The van der Waals surface area contributed by atoms with Gasteiger partial charge in [-0.2, -0.15) is 0 Å². The number of sulfone groups is 1. The van der Waals surface area contributed by atoms with Crippen molar-refractivity contribution in [3.8, 4) is 5.75 Å². The quantitative estimate of drug-likeness (QED) is 0.837. The molecule has 0 fully saturated rings. The van der Waals surface area contributed by atoms with Gasteiger partial charge in [0.1, 0.15) is 10.6 Å². The number of carbonyl (C=O) groups is 1. The van der Waals surface area contributed by atoms with E-state index in [4.69, 9.17) is 9.84 Å². The van der Waals surface area contributed by atoms with Gasteiger partial charge < -0.3 is 9.84 Å². The lowest BCUT2D eigenvalue weighted by atomic mass is 10.1. The van der Waals surface area contributed by atoms with E-state index in [-0.39, 0.29) is 27.9 Å². The fourth-order valence-electron chi connectivity index (χ4n) is 2.09. The van der Waals surface area contributed by atoms with Gasteiger partial charge in [-0.15, -0.1) is 0 Å². The number of carboxylic acids is 1. The molecule has 0 amide bonds. The number of ether oxygens (including phenoxy) is 1. The highest BCUT2D eigenvalue weighted by atomic mass is 32.2. The van der Waals surface area contributed by atoms with Crippen molar-refractivity contribution in [3.63, 3.8) is 0 Å². The molecule has 0 radical (unpaired) electrons. The van der Waals surface area contributed by atoms with E-state index >= 15 is 0 Å². The topological polar surface area (TPSA) is 80.7 Å². The van der Waals surface area contributed by atoms with Crippen LogP contribution >= 0.6 is 0 Å². The molecule has 1 unspecified atom stereocenters. The summed E-state index contributed by atoms with van der Waals surface area (Å²) in [7, 11) is -2.20. The average Bonchev–Trinajstić information content (AvgIpc) is 2.37. The van der Waals surface area contributed by atoms with Crippen LogP contribution in [0.25, 0.3) is 0 Å². The minimum atomic E-state index is -3.57. The van der Waals surface area contributed by atoms with Gasteiger partial charge in [-0.3, -0.25) is 0 Å². The van der Waals surface area contributed by atoms with E-state index in [0.717, 1.165) is 18.9 Å². The molecular formula is C14H20O5S. The van der Waals surface area contributed by atoms with Crippen molar-refractivity contribution in [3.05, 3.63) is 23.8 Å². The Hall–Kier alpha value is -1.56. The van der Waals surface area contributed by atoms with Gasteiger partial charge in [-0.05, 0) is 30.5 Å². The van der Waals surface area contributed by atoms with E-state index in [1.54, 1.807) is 0 Å². The van der Waals surface area contributed by atoms with Crippen LogP contribution in [0.2, 0.25) is 0 Å². The molecule has 6 heteroatoms. The van der Waals surface area contributed by atoms with Crippen LogP contribution in [0.4, 0.5) is 0 Å². The lowest BCUT2D eigenvalue weighted by Gasteiger charge is -2.14. The van der Waals surface area contributed by atoms with Crippen molar-refractivity contribution in [1.29, 1.82) is 0 Å². The van der Waals surface area contributed by atoms with Crippen LogP contribution < -0.4 is 4.74 Å². The van der Waals surface area contributed by atoms with Crippen LogP contribution in [0.15, 0.2) is 23.1 Å². The second-order valence-corrected chi connectivity index (χ2v) is 6.85. The predicted octanol–water partition coefficient (Wildman–Crippen LogP) is 2.60. The van der Waals surface area contributed by atoms with E-state index < -0.39 is 15.8 Å². The first-order valence-corrected chi connectivity index (χ1v) is 8.11. The summed E-state index contributed by atoms with van der Waals surface area (Å²) in [5.41, 5.74) is -0.0625. The minimum absolute atomic E-state index is 0.0136. The Kier molecular flexibility index (Phi) is 5.56. The maximum atomic E-state index is 12.4. The second kappa shape index (κ2) is 6.74. The van der Waals surface area contributed by atoms with E-state index in [0.29, 0.717) is 0 Å². The number of methoxy groups -OCH3 is 1. The summed E-state index contributed by atoms with van der Waals surface area (Å²) < 4.78 is 29.8. The summed E-state index contributed by atoms with van der Waals surface area (Å²) in [6.07, 6.45) is 1.71. The van der Waals surface area contributed by atoms with Crippen molar-refractivity contribution < 1.29 is 23.1 Å². The van der Waals surface area contributed by atoms with Gasteiger partial charge >= 0.3 is 5.97 Å². The Bertz CT molecular complexity index is 577. The normalized spacial score (nSPS) is 12.9. The highest BCUT2D eigenvalue weighted by molar-refractivity contribution is 7.91. The van der Waals surface area contributed by atoms with E-state index in [1.807, 2.05) is 13.8 Å². The Morgan fingerprint density at radius 1 is 1.40 bits per heavy atom. The Morgan fingerprint density at radius 3 is 2.55 bits per heavy atom. The Morgan fingerprint density at radius 2 is 2.05 bits per heavy atom. The zero-order chi connectivity index (χ0) is 15.3. The molecular weight excluding hydrogens is 280 g/mol. The molecule has 0 saturated carbocycles. The molecule has 20 heavy (non-hydrogen) atoms. The molecule has 112 valence electrons. The van der Waals surface area contributed by atoms with E-state index in [9.17, 15) is 13.2 Å². The maximum Gasteiger partial charge on any atom is 0.335 e. The van der Waals surface area contributed by atoms with Gasteiger partial charge in [0.25, 0.3) is 0 Å². The predicted molar refractivity (Wildman–Crippen MR) is 76.1 cm³/mol. The third-order valence-corrected chi connectivity index (χ3v) is 5.03. The molecule has 0 spiro atoms. The van der Waals surface area contributed by atoms with E-state index in [1.165, 1.54) is 19.2 Å². The lowest BCUT2D eigenvalue weighted by Crippen LogP contribution is -2.15. The van der Waals surface area contributed by atoms with Crippen molar-refractivity contribution in [2.24, 2.45) is 5.92 Å². The Labute approximate surface area is 119 Å². The average molecular weight is 300 g/mol. The molecule has 1 N–H and O–H groups in total. The standard InChI is InChI=1S/C14H20O5S/c1-4-5-10(2)9-20(17,18)13-8-11(14(15)16)6-7-12(13)19-3/h6-8,10H,4-5,9H2,1-3H3,(H,15,16). The summed E-state index contributed by atoms with van der Waals surface area (Å²) >= 11 is 0. The summed E-state index contributed by atoms with van der Waals surface area (Å²) in [6.45, 7) is 3.86. The third-order valence-electron chi connectivity index (χ3n) is 3.03. The third kappa shape index (κ3) is 3.96. The summed E-state index contributed by atoms with van der Waals surface area (Å²) in [5.74, 6) is -0.979. The van der Waals surface area contributed by atoms with Crippen LogP contribution in [0.5, 0.6) is 5.75 Å². The van der Waals surface area contributed by atoms with Gasteiger partial charge in [0.05, 0.1) is 18.4 Å². The van der Waals surface area contributed by atoms with Gasteiger partial charge in [-0.1, -0.05) is 20.3 Å². The van der Waals surface area contributed by atoms with E-state index in [2.05, 4.69) is 0 Å². The number of carboxylic acid groups (broad SMARTS) is 1. The second-order valence-electron chi connectivity index (χ2n) is 4.85. The van der Waals surface area contributed by atoms with Crippen molar-refractivity contribution >= 4 is 15.8 Å². The highest BCUT2D eigenvalue weighted by Gasteiger charge is 2.23. The summed E-state index contributed by atoms with van der Waals surface area (Å²) in [5, 5.41) is 8.97. The van der Waals surface area contributed by atoms with Crippen molar-refractivity contribution in [2.45, 2.75) is 31.6 Å². The molecule has 1 aromatic carbocycles. The number of benzene rings is 1. The fourth-order valence-corrected chi connectivity index (χ4v) is 3.95. The molecule has 1 rings (SSSR count). The van der Waals surface area contributed by atoms with Crippen molar-refractivity contribution in [2.75, 3.05) is 12.9 Å². The van der Waals surface area contributed by atoms with Gasteiger partial charge in [0.15, 0.2) is 9.84 Å². The molecule has 0 saturated heterocycles. The lowest BCUT2D eigenvalue weighted by molar-refractivity contribution is 0.0696.